The van der Waals surface area contributed by atoms with Gasteiger partial charge < -0.3 is 5.32 Å². The smallest absolute Gasteiger partial charge is 0.349 e. The normalized spacial score (nSPS) is 17.2. The van der Waals surface area contributed by atoms with Crippen LogP contribution in [0.1, 0.15) is 47.2 Å². The van der Waals surface area contributed by atoms with E-state index in [1.165, 1.54) is 4.31 Å². The van der Waals surface area contributed by atoms with Gasteiger partial charge in [-0.25, -0.2) is 8.42 Å². The van der Waals surface area contributed by atoms with Gasteiger partial charge in [-0.15, -0.1) is 0 Å². The van der Waals surface area contributed by atoms with Gasteiger partial charge in [-0.05, 0) is 67.6 Å². The van der Waals surface area contributed by atoms with E-state index < -0.39 is 21.8 Å². The van der Waals surface area contributed by atoms with Crippen LogP contribution in [0.15, 0.2) is 53.4 Å². The maximum atomic E-state index is 13.1. The zero-order valence-corrected chi connectivity index (χ0v) is 16.8. The molecule has 0 aromatic heterocycles. The molecule has 2 aromatic carbocycles. The third-order valence-corrected chi connectivity index (χ3v) is 7.12. The monoisotopic (exact) mass is 438 g/mol. The standard InChI is InChI=1S/C21H21F3N2O3S/c22-21(23,24)16-5-11-19(12-6-16)30(28,29)26(18-9-10-18)13-14-1-3-15(4-2-14)20(27)25-17-7-8-17/h1-6,11-12,17-18H,7-10,13H2,(H,25,27). The van der Waals surface area contributed by atoms with E-state index >= 15 is 0 Å². The van der Waals surface area contributed by atoms with Crippen molar-refractivity contribution < 1.29 is 26.4 Å². The van der Waals surface area contributed by atoms with Gasteiger partial charge in [0.15, 0.2) is 0 Å². The highest BCUT2D eigenvalue weighted by Gasteiger charge is 2.38. The molecule has 0 unspecified atom stereocenters. The van der Waals surface area contributed by atoms with Gasteiger partial charge >= 0.3 is 6.18 Å². The average Bonchev–Trinajstić information content (AvgIpc) is 3.61. The first-order valence-corrected chi connectivity index (χ1v) is 11.2. The number of rotatable bonds is 7. The van der Waals surface area contributed by atoms with E-state index in [-0.39, 0.29) is 29.4 Å². The van der Waals surface area contributed by atoms with Crippen molar-refractivity contribution in [1.82, 2.24) is 9.62 Å². The van der Waals surface area contributed by atoms with Crippen molar-refractivity contribution in [2.75, 3.05) is 0 Å². The Morgan fingerprint density at radius 2 is 1.57 bits per heavy atom. The fourth-order valence-electron chi connectivity index (χ4n) is 3.16. The maximum Gasteiger partial charge on any atom is 0.416 e. The fourth-order valence-corrected chi connectivity index (χ4v) is 4.84. The second kappa shape index (κ2) is 7.70. The Kier molecular flexibility index (Phi) is 5.36. The summed E-state index contributed by atoms with van der Waals surface area (Å²) >= 11 is 0. The minimum atomic E-state index is -4.52. The van der Waals surface area contributed by atoms with Crippen molar-refractivity contribution in [2.45, 2.75) is 55.4 Å². The largest absolute Gasteiger partial charge is 0.416 e. The molecule has 2 aromatic rings. The van der Waals surface area contributed by atoms with Gasteiger partial charge in [0.2, 0.25) is 10.0 Å². The van der Waals surface area contributed by atoms with Gasteiger partial charge in [-0.1, -0.05) is 12.1 Å². The van der Waals surface area contributed by atoms with Crippen molar-refractivity contribution in [2.24, 2.45) is 0 Å². The molecule has 2 aliphatic rings. The number of amides is 1. The highest BCUT2D eigenvalue weighted by molar-refractivity contribution is 7.89. The minimum Gasteiger partial charge on any atom is -0.349 e. The maximum absolute atomic E-state index is 13.1. The number of halogens is 3. The third-order valence-electron chi connectivity index (χ3n) is 5.21. The number of hydrogen-bond donors (Lipinski definition) is 1. The Labute approximate surface area is 172 Å². The molecule has 9 heteroatoms. The summed E-state index contributed by atoms with van der Waals surface area (Å²) in [6, 6.07) is 10.4. The second-order valence-electron chi connectivity index (χ2n) is 7.75. The van der Waals surface area contributed by atoms with Crippen molar-refractivity contribution >= 4 is 15.9 Å². The quantitative estimate of drug-likeness (QED) is 0.712. The lowest BCUT2D eigenvalue weighted by atomic mass is 10.1. The van der Waals surface area contributed by atoms with Crippen molar-refractivity contribution in [3.63, 3.8) is 0 Å². The fraction of sp³-hybridized carbons (Fsp3) is 0.381. The zero-order chi connectivity index (χ0) is 21.5. The van der Waals surface area contributed by atoms with E-state index in [1.807, 2.05) is 0 Å². The van der Waals surface area contributed by atoms with E-state index in [1.54, 1.807) is 24.3 Å². The molecule has 0 radical (unpaired) electrons. The first-order chi connectivity index (χ1) is 14.1. The zero-order valence-electron chi connectivity index (χ0n) is 16.0. The Bertz CT molecular complexity index is 1030. The Morgan fingerprint density at radius 1 is 0.967 bits per heavy atom. The number of hydrogen-bond acceptors (Lipinski definition) is 3. The number of carbonyl (C=O) groups excluding carboxylic acids is 1. The van der Waals surface area contributed by atoms with E-state index in [0.717, 1.165) is 37.1 Å². The summed E-state index contributed by atoms with van der Waals surface area (Å²) in [6.45, 7) is 0.0958. The summed E-state index contributed by atoms with van der Waals surface area (Å²) in [4.78, 5) is 11.9. The Morgan fingerprint density at radius 3 is 2.07 bits per heavy atom. The first kappa shape index (κ1) is 20.9. The average molecular weight is 438 g/mol. The molecule has 0 heterocycles. The van der Waals surface area contributed by atoms with Crippen molar-refractivity contribution in [3.8, 4) is 0 Å². The number of benzene rings is 2. The molecule has 2 fully saturated rings. The van der Waals surface area contributed by atoms with Crippen LogP contribution in [0.2, 0.25) is 0 Å². The van der Waals surface area contributed by atoms with Crippen LogP contribution in [0.3, 0.4) is 0 Å². The molecular weight excluding hydrogens is 417 g/mol. The van der Waals surface area contributed by atoms with Crippen LogP contribution >= 0.6 is 0 Å². The molecule has 0 saturated heterocycles. The predicted octanol–water partition coefficient (Wildman–Crippen LogP) is 3.95. The van der Waals surface area contributed by atoms with E-state index in [0.29, 0.717) is 24.0 Å². The van der Waals surface area contributed by atoms with E-state index in [9.17, 15) is 26.4 Å². The lowest BCUT2D eigenvalue weighted by Gasteiger charge is -2.22. The summed E-state index contributed by atoms with van der Waals surface area (Å²) in [5.74, 6) is -0.152. The van der Waals surface area contributed by atoms with E-state index in [4.69, 9.17) is 0 Å². The molecule has 1 N–H and O–H groups in total. The van der Waals surface area contributed by atoms with Crippen molar-refractivity contribution in [1.29, 1.82) is 0 Å². The molecule has 160 valence electrons. The van der Waals surface area contributed by atoms with Crippen LogP contribution in [-0.4, -0.2) is 30.7 Å². The third kappa shape index (κ3) is 4.67. The van der Waals surface area contributed by atoms with Crippen LogP contribution in [0.5, 0.6) is 0 Å². The second-order valence-corrected chi connectivity index (χ2v) is 9.64. The van der Waals surface area contributed by atoms with Gasteiger partial charge in [0.25, 0.3) is 5.91 Å². The molecule has 30 heavy (non-hydrogen) atoms. The number of carbonyl (C=O) groups is 1. The molecule has 5 nitrogen and oxygen atoms in total. The van der Waals surface area contributed by atoms with Crippen LogP contribution in [0.4, 0.5) is 13.2 Å². The summed E-state index contributed by atoms with van der Waals surface area (Å²) < 4.78 is 65.8. The summed E-state index contributed by atoms with van der Waals surface area (Å²) in [5.41, 5.74) is 0.328. The van der Waals surface area contributed by atoms with Crippen LogP contribution in [0, 0.1) is 0 Å². The predicted molar refractivity (Wildman–Crippen MR) is 104 cm³/mol. The summed E-state index contributed by atoms with van der Waals surface area (Å²) in [5, 5.41) is 2.89. The molecule has 0 atom stereocenters. The molecule has 2 saturated carbocycles. The lowest BCUT2D eigenvalue weighted by molar-refractivity contribution is -0.137. The number of alkyl halides is 3. The van der Waals surface area contributed by atoms with Gasteiger partial charge in [0.1, 0.15) is 0 Å². The van der Waals surface area contributed by atoms with Crippen LogP contribution in [0.25, 0.3) is 0 Å². The number of nitrogens with one attached hydrogen (secondary N) is 1. The number of sulfonamides is 1. The molecule has 2 aliphatic carbocycles. The van der Waals surface area contributed by atoms with E-state index in [2.05, 4.69) is 5.32 Å². The molecular formula is C21H21F3N2O3S. The van der Waals surface area contributed by atoms with Crippen LogP contribution in [-0.2, 0) is 22.7 Å². The van der Waals surface area contributed by atoms with Gasteiger partial charge in [0.05, 0.1) is 10.5 Å². The molecule has 0 spiro atoms. The van der Waals surface area contributed by atoms with Crippen molar-refractivity contribution in [3.05, 3.63) is 65.2 Å². The SMILES string of the molecule is O=C(NC1CC1)c1ccc(CN(C2CC2)S(=O)(=O)c2ccc(C(F)(F)F)cc2)cc1. The minimum absolute atomic E-state index is 0.0958. The van der Waals surface area contributed by atoms with Gasteiger partial charge in [-0.3, -0.25) is 4.79 Å². The summed E-state index contributed by atoms with van der Waals surface area (Å²) in [7, 11) is -3.95. The number of nitrogens with zero attached hydrogens (tertiary/aromatic N) is 1. The Hall–Kier alpha value is -2.39. The lowest BCUT2D eigenvalue weighted by Crippen LogP contribution is -2.32. The Balaban J connectivity index is 1.51. The molecule has 0 bridgehead atoms. The summed E-state index contributed by atoms with van der Waals surface area (Å²) in [6.07, 6.45) is -1.13. The molecule has 1 amide bonds. The van der Waals surface area contributed by atoms with Gasteiger partial charge in [-0.2, -0.15) is 17.5 Å². The topological polar surface area (TPSA) is 66.5 Å². The highest BCUT2D eigenvalue weighted by atomic mass is 32.2. The van der Waals surface area contributed by atoms with Crippen LogP contribution < -0.4 is 5.32 Å². The first-order valence-electron chi connectivity index (χ1n) is 9.73. The molecule has 0 aliphatic heterocycles. The highest BCUT2D eigenvalue weighted by Crippen LogP contribution is 2.35. The van der Waals surface area contributed by atoms with Gasteiger partial charge in [0, 0.05) is 24.2 Å². The molecule has 4 rings (SSSR count).